The molecule has 0 aromatic heterocycles. The Morgan fingerprint density at radius 1 is 1.50 bits per heavy atom. The van der Waals surface area contributed by atoms with Crippen molar-refractivity contribution in [1.82, 2.24) is 9.03 Å². The molecule has 0 radical (unpaired) electrons. The molecule has 0 saturated carbocycles. The maximum atomic E-state index is 11.8. The molecule has 0 spiro atoms. The molecule has 18 heavy (non-hydrogen) atoms. The average Bonchev–Trinajstić information content (AvgIpc) is 2.33. The van der Waals surface area contributed by atoms with Crippen LogP contribution in [0.25, 0.3) is 0 Å². The molecule has 0 aliphatic rings. The minimum atomic E-state index is -3.53. The summed E-state index contributed by atoms with van der Waals surface area (Å²) in [5, 5.41) is 8.42. The van der Waals surface area contributed by atoms with Gasteiger partial charge in [0.15, 0.2) is 0 Å². The summed E-state index contributed by atoms with van der Waals surface area (Å²) in [5.41, 5.74) is 0.863. The van der Waals surface area contributed by atoms with Crippen molar-refractivity contribution in [2.75, 3.05) is 13.6 Å². The summed E-state index contributed by atoms with van der Waals surface area (Å²) >= 11 is 3.32. The van der Waals surface area contributed by atoms with Crippen LogP contribution in [0.1, 0.15) is 12.0 Å². The van der Waals surface area contributed by atoms with Crippen LogP contribution in [0, 0.1) is 11.3 Å². The van der Waals surface area contributed by atoms with E-state index >= 15 is 0 Å². The monoisotopic (exact) mass is 331 g/mol. The largest absolute Gasteiger partial charge is 0.279 e. The molecule has 0 fully saturated rings. The molecule has 1 aromatic rings. The van der Waals surface area contributed by atoms with Gasteiger partial charge in [-0.25, -0.2) is 0 Å². The number of hydrogen-bond donors (Lipinski definition) is 1. The molecule has 0 atom stereocenters. The fourth-order valence-electron chi connectivity index (χ4n) is 1.26. The third kappa shape index (κ3) is 4.74. The van der Waals surface area contributed by atoms with Gasteiger partial charge in [-0.1, -0.05) is 28.1 Å². The van der Waals surface area contributed by atoms with E-state index in [0.717, 1.165) is 14.3 Å². The zero-order valence-electron chi connectivity index (χ0n) is 9.93. The van der Waals surface area contributed by atoms with Gasteiger partial charge in [0.05, 0.1) is 6.07 Å². The lowest BCUT2D eigenvalue weighted by atomic mass is 10.2. The van der Waals surface area contributed by atoms with Crippen LogP contribution >= 0.6 is 15.9 Å². The van der Waals surface area contributed by atoms with Gasteiger partial charge in [-0.05, 0) is 17.7 Å². The lowest BCUT2D eigenvalue weighted by molar-refractivity contribution is 0.464. The lowest BCUT2D eigenvalue weighted by Crippen LogP contribution is -2.38. The van der Waals surface area contributed by atoms with Gasteiger partial charge in [0.1, 0.15) is 0 Å². The summed E-state index contributed by atoms with van der Waals surface area (Å²) in [5.74, 6) is 0. The van der Waals surface area contributed by atoms with E-state index in [2.05, 4.69) is 20.7 Å². The molecule has 0 heterocycles. The van der Waals surface area contributed by atoms with Crippen molar-refractivity contribution >= 4 is 26.1 Å². The van der Waals surface area contributed by atoms with Gasteiger partial charge in [-0.2, -0.15) is 22.7 Å². The second-order valence-electron chi connectivity index (χ2n) is 3.69. The summed E-state index contributed by atoms with van der Waals surface area (Å²) < 4.78 is 28.1. The van der Waals surface area contributed by atoms with E-state index in [9.17, 15) is 8.42 Å². The highest BCUT2D eigenvalue weighted by Crippen LogP contribution is 2.11. The molecule has 1 aromatic carbocycles. The zero-order valence-corrected chi connectivity index (χ0v) is 12.3. The van der Waals surface area contributed by atoms with E-state index in [1.54, 1.807) is 0 Å². The highest BCUT2D eigenvalue weighted by atomic mass is 79.9. The summed E-state index contributed by atoms with van der Waals surface area (Å²) in [6, 6.07) is 9.31. The quantitative estimate of drug-likeness (QED) is 0.860. The molecule has 7 heteroatoms. The van der Waals surface area contributed by atoms with Gasteiger partial charge in [0, 0.05) is 31.0 Å². The Morgan fingerprint density at radius 2 is 2.22 bits per heavy atom. The summed E-state index contributed by atoms with van der Waals surface area (Å²) in [7, 11) is -2.08. The van der Waals surface area contributed by atoms with Crippen molar-refractivity contribution in [1.29, 1.82) is 5.26 Å². The molecule has 0 aliphatic carbocycles. The molecule has 1 rings (SSSR count). The predicted molar refractivity (Wildman–Crippen MR) is 72.8 cm³/mol. The first-order valence-electron chi connectivity index (χ1n) is 5.28. The number of halogens is 1. The van der Waals surface area contributed by atoms with Crippen molar-refractivity contribution in [3.63, 3.8) is 0 Å². The topological polar surface area (TPSA) is 73.2 Å². The zero-order chi connectivity index (χ0) is 13.6. The Balaban J connectivity index is 2.59. The Labute approximate surface area is 116 Å². The van der Waals surface area contributed by atoms with E-state index in [-0.39, 0.29) is 19.5 Å². The minimum absolute atomic E-state index is 0.175. The van der Waals surface area contributed by atoms with Crippen molar-refractivity contribution in [2.24, 2.45) is 0 Å². The van der Waals surface area contributed by atoms with E-state index in [1.807, 2.05) is 30.3 Å². The average molecular weight is 332 g/mol. The first-order chi connectivity index (χ1) is 8.45. The smallest absolute Gasteiger partial charge is 0.198 e. The van der Waals surface area contributed by atoms with E-state index in [1.165, 1.54) is 7.05 Å². The molecular weight excluding hydrogens is 318 g/mol. The first kappa shape index (κ1) is 15.1. The standard InChI is InChI=1S/C11H14BrN3O2S/c1-15(7-3-6-13)18(16,17)14-9-10-4-2-5-11(12)8-10/h2,4-5,8,14H,3,7,9H2,1H3. The van der Waals surface area contributed by atoms with Crippen LogP contribution in [0.2, 0.25) is 0 Å². The van der Waals surface area contributed by atoms with Gasteiger partial charge in [0.2, 0.25) is 0 Å². The first-order valence-corrected chi connectivity index (χ1v) is 7.51. The maximum absolute atomic E-state index is 11.8. The Morgan fingerprint density at radius 3 is 2.83 bits per heavy atom. The summed E-state index contributed by atoms with van der Waals surface area (Å²) in [4.78, 5) is 0. The number of nitrogens with zero attached hydrogens (tertiary/aromatic N) is 2. The van der Waals surface area contributed by atoms with Crippen LogP contribution in [0.3, 0.4) is 0 Å². The number of nitrogens with one attached hydrogen (secondary N) is 1. The summed E-state index contributed by atoms with van der Waals surface area (Å²) in [6.45, 7) is 0.406. The lowest BCUT2D eigenvalue weighted by Gasteiger charge is -2.16. The Kier molecular flexibility index (Phi) is 5.75. The molecular formula is C11H14BrN3O2S. The van der Waals surface area contributed by atoms with Gasteiger partial charge in [-0.3, -0.25) is 0 Å². The van der Waals surface area contributed by atoms with Crippen LogP contribution in [-0.4, -0.2) is 26.3 Å². The number of nitriles is 1. The highest BCUT2D eigenvalue weighted by molar-refractivity contribution is 9.10. The summed E-state index contributed by atoms with van der Waals surface area (Å²) in [6.07, 6.45) is 0.175. The molecule has 5 nitrogen and oxygen atoms in total. The molecule has 0 bridgehead atoms. The number of hydrogen-bond acceptors (Lipinski definition) is 3. The maximum Gasteiger partial charge on any atom is 0.279 e. The van der Waals surface area contributed by atoms with Gasteiger partial charge in [0.25, 0.3) is 10.2 Å². The number of benzene rings is 1. The minimum Gasteiger partial charge on any atom is -0.198 e. The van der Waals surface area contributed by atoms with Crippen LogP contribution < -0.4 is 4.72 Å². The molecule has 0 aliphatic heterocycles. The van der Waals surface area contributed by atoms with Crippen molar-refractivity contribution in [3.05, 3.63) is 34.3 Å². The predicted octanol–water partition coefficient (Wildman–Crippen LogP) is 1.63. The second-order valence-corrected chi connectivity index (χ2v) is 6.46. The van der Waals surface area contributed by atoms with E-state index < -0.39 is 10.2 Å². The molecule has 0 saturated heterocycles. The molecule has 98 valence electrons. The molecule has 0 unspecified atom stereocenters. The fraction of sp³-hybridized carbons (Fsp3) is 0.364. The molecule has 1 N–H and O–H groups in total. The second kappa shape index (κ2) is 6.85. The van der Waals surface area contributed by atoms with Crippen LogP contribution in [-0.2, 0) is 16.8 Å². The van der Waals surface area contributed by atoms with E-state index in [0.29, 0.717) is 0 Å². The normalized spacial score (nSPS) is 11.4. The third-order valence-corrected chi connectivity index (χ3v) is 4.30. The van der Waals surface area contributed by atoms with E-state index in [4.69, 9.17) is 5.26 Å². The van der Waals surface area contributed by atoms with Crippen LogP contribution in [0.5, 0.6) is 0 Å². The van der Waals surface area contributed by atoms with Crippen LogP contribution in [0.4, 0.5) is 0 Å². The van der Waals surface area contributed by atoms with Crippen molar-refractivity contribution in [3.8, 4) is 6.07 Å². The molecule has 0 amide bonds. The van der Waals surface area contributed by atoms with Crippen molar-refractivity contribution in [2.45, 2.75) is 13.0 Å². The third-order valence-electron chi connectivity index (χ3n) is 2.30. The van der Waals surface area contributed by atoms with Gasteiger partial charge >= 0.3 is 0 Å². The van der Waals surface area contributed by atoms with Gasteiger partial charge in [-0.15, -0.1) is 0 Å². The SMILES string of the molecule is CN(CCC#N)S(=O)(=O)NCc1cccc(Br)c1. The Bertz CT molecular complexity index is 539. The van der Waals surface area contributed by atoms with Crippen molar-refractivity contribution < 1.29 is 8.42 Å². The number of rotatable bonds is 6. The highest BCUT2D eigenvalue weighted by Gasteiger charge is 2.16. The Hall–Kier alpha value is -0.940. The fourth-order valence-corrected chi connectivity index (χ4v) is 2.61. The van der Waals surface area contributed by atoms with Crippen LogP contribution in [0.15, 0.2) is 28.7 Å². The van der Waals surface area contributed by atoms with Gasteiger partial charge < -0.3 is 0 Å².